The minimum Gasteiger partial charge on any atom is -0.375 e. The predicted molar refractivity (Wildman–Crippen MR) is 85.2 cm³/mol. The van der Waals surface area contributed by atoms with Crippen LogP contribution in [0.5, 0.6) is 0 Å². The topological polar surface area (TPSA) is 62.5 Å². The van der Waals surface area contributed by atoms with Gasteiger partial charge in [0, 0.05) is 37.0 Å². The highest BCUT2D eigenvalue weighted by atomic mass is 32.1. The molecule has 3 heterocycles. The molecule has 0 radical (unpaired) electrons. The SMILES string of the molecule is CC1CCCCN1C1CN(C(=O)CCc2csc(N)n2)C1. The maximum Gasteiger partial charge on any atom is 0.223 e. The molecule has 2 saturated heterocycles. The maximum absolute atomic E-state index is 12.2. The van der Waals surface area contributed by atoms with Crippen LogP contribution in [0.1, 0.15) is 38.3 Å². The summed E-state index contributed by atoms with van der Waals surface area (Å²) >= 11 is 1.44. The Hall–Kier alpha value is -1.14. The number of rotatable bonds is 4. The van der Waals surface area contributed by atoms with Gasteiger partial charge >= 0.3 is 0 Å². The zero-order chi connectivity index (χ0) is 14.8. The van der Waals surface area contributed by atoms with Crippen LogP contribution in [0.15, 0.2) is 5.38 Å². The van der Waals surface area contributed by atoms with E-state index in [0.29, 0.717) is 30.1 Å². The monoisotopic (exact) mass is 308 g/mol. The fourth-order valence-corrected chi connectivity index (χ4v) is 3.96. The predicted octanol–water partition coefficient (Wildman–Crippen LogP) is 1.74. The Balaban J connectivity index is 1.42. The van der Waals surface area contributed by atoms with Crippen LogP contribution in [0.3, 0.4) is 0 Å². The van der Waals surface area contributed by atoms with Crippen molar-refractivity contribution in [3.63, 3.8) is 0 Å². The van der Waals surface area contributed by atoms with Crippen LogP contribution in [-0.4, -0.2) is 52.4 Å². The summed E-state index contributed by atoms with van der Waals surface area (Å²) in [6.45, 7) is 5.33. The van der Waals surface area contributed by atoms with Gasteiger partial charge in [-0.1, -0.05) is 6.42 Å². The van der Waals surface area contributed by atoms with Gasteiger partial charge in [-0.05, 0) is 32.7 Å². The van der Waals surface area contributed by atoms with E-state index in [1.165, 1.54) is 37.1 Å². The first-order valence-electron chi connectivity index (χ1n) is 7.87. The average molecular weight is 308 g/mol. The second kappa shape index (κ2) is 6.32. The molecule has 1 unspecified atom stereocenters. The summed E-state index contributed by atoms with van der Waals surface area (Å²) in [5.41, 5.74) is 6.54. The van der Waals surface area contributed by atoms with E-state index in [1.54, 1.807) is 0 Å². The first-order chi connectivity index (χ1) is 10.1. The maximum atomic E-state index is 12.2. The smallest absolute Gasteiger partial charge is 0.223 e. The summed E-state index contributed by atoms with van der Waals surface area (Å²) in [6, 6.07) is 1.26. The van der Waals surface area contributed by atoms with Crippen LogP contribution in [0.4, 0.5) is 5.13 Å². The Morgan fingerprint density at radius 3 is 2.95 bits per heavy atom. The van der Waals surface area contributed by atoms with Gasteiger partial charge in [-0.25, -0.2) is 4.98 Å². The zero-order valence-electron chi connectivity index (χ0n) is 12.6. The third-order valence-corrected chi connectivity index (χ3v) is 5.43. The molecule has 0 aromatic carbocycles. The molecular weight excluding hydrogens is 284 g/mol. The number of carbonyl (C=O) groups is 1. The Morgan fingerprint density at radius 1 is 1.48 bits per heavy atom. The summed E-state index contributed by atoms with van der Waals surface area (Å²) in [5, 5.41) is 2.53. The first kappa shape index (κ1) is 14.8. The number of likely N-dealkylation sites (tertiary alicyclic amines) is 2. The molecule has 1 aromatic rings. The van der Waals surface area contributed by atoms with Gasteiger partial charge in [0.25, 0.3) is 0 Å². The van der Waals surface area contributed by atoms with E-state index in [9.17, 15) is 4.79 Å². The molecule has 0 aliphatic carbocycles. The van der Waals surface area contributed by atoms with Gasteiger partial charge in [-0.15, -0.1) is 11.3 Å². The van der Waals surface area contributed by atoms with Crippen molar-refractivity contribution in [1.29, 1.82) is 0 Å². The lowest BCUT2D eigenvalue weighted by Crippen LogP contribution is -2.63. The number of hydrogen-bond donors (Lipinski definition) is 1. The number of carbonyl (C=O) groups excluding carboxylic acids is 1. The van der Waals surface area contributed by atoms with E-state index in [0.717, 1.165) is 18.8 Å². The zero-order valence-corrected chi connectivity index (χ0v) is 13.4. The highest BCUT2D eigenvalue weighted by molar-refractivity contribution is 7.13. The molecule has 0 saturated carbocycles. The largest absolute Gasteiger partial charge is 0.375 e. The van der Waals surface area contributed by atoms with Crippen LogP contribution < -0.4 is 5.73 Å². The average Bonchev–Trinajstić information content (AvgIpc) is 2.83. The van der Waals surface area contributed by atoms with Crippen molar-refractivity contribution in [3.05, 3.63) is 11.1 Å². The Bertz CT molecular complexity index is 498. The van der Waals surface area contributed by atoms with Gasteiger partial charge in [0.1, 0.15) is 0 Å². The summed E-state index contributed by atoms with van der Waals surface area (Å²) < 4.78 is 0. The third-order valence-electron chi connectivity index (χ3n) is 4.70. The molecule has 6 heteroatoms. The number of anilines is 1. The van der Waals surface area contributed by atoms with Crippen molar-refractivity contribution in [1.82, 2.24) is 14.8 Å². The van der Waals surface area contributed by atoms with Gasteiger partial charge in [-0.2, -0.15) is 0 Å². The molecule has 2 fully saturated rings. The molecule has 116 valence electrons. The number of nitrogens with two attached hydrogens (primary N) is 1. The molecule has 1 atom stereocenters. The summed E-state index contributed by atoms with van der Waals surface area (Å²) in [6.07, 6.45) is 5.21. The number of nitrogens with zero attached hydrogens (tertiary/aromatic N) is 3. The van der Waals surface area contributed by atoms with Crippen molar-refractivity contribution in [3.8, 4) is 0 Å². The van der Waals surface area contributed by atoms with Crippen molar-refractivity contribution in [2.45, 2.75) is 51.1 Å². The number of aromatic nitrogens is 1. The molecular formula is C15H24N4OS. The minimum atomic E-state index is 0.252. The molecule has 21 heavy (non-hydrogen) atoms. The lowest BCUT2D eigenvalue weighted by atomic mass is 9.97. The van der Waals surface area contributed by atoms with E-state index in [2.05, 4.69) is 16.8 Å². The molecule has 0 spiro atoms. The third kappa shape index (κ3) is 3.37. The van der Waals surface area contributed by atoms with E-state index in [1.807, 2.05) is 10.3 Å². The van der Waals surface area contributed by atoms with Crippen LogP contribution in [0.2, 0.25) is 0 Å². The normalized spacial score (nSPS) is 24.0. The number of aryl methyl sites for hydroxylation is 1. The van der Waals surface area contributed by atoms with Gasteiger partial charge < -0.3 is 10.6 Å². The molecule has 5 nitrogen and oxygen atoms in total. The van der Waals surface area contributed by atoms with Crippen molar-refractivity contribution in [2.75, 3.05) is 25.4 Å². The van der Waals surface area contributed by atoms with E-state index < -0.39 is 0 Å². The van der Waals surface area contributed by atoms with Crippen molar-refractivity contribution >= 4 is 22.4 Å². The van der Waals surface area contributed by atoms with Gasteiger partial charge in [0.05, 0.1) is 5.69 Å². The lowest BCUT2D eigenvalue weighted by Gasteiger charge is -2.49. The second-order valence-electron chi connectivity index (χ2n) is 6.21. The molecule has 0 bridgehead atoms. The second-order valence-corrected chi connectivity index (χ2v) is 7.10. The number of thiazole rings is 1. The molecule has 3 rings (SSSR count). The standard InChI is InChI=1S/C15H24N4OS/c1-11-4-2-3-7-19(11)13-8-18(9-13)14(20)6-5-12-10-21-15(16)17-12/h10-11,13H,2-9H2,1H3,(H2,16,17). The first-order valence-corrected chi connectivity index (χ1v) is 8.75. The molecule has 1 amide bonds. The van der Waals surface area contributed by atoms with Gasteiger partial charge in [-0.3, -0.25) is 9.69 Å². The number of hydrogen-bond acceptors (Lipinski definition) is 5. The summed E-state index contributed by atoms with van der Waals surface area (Å²) in [4.78, 5) is 20.9. The Kier molecular flexibility index (Phi) is 4.45. The highest BCUT2D eigenvalue weighted by Gasteiger charge is 2.36. The van der Waals surface area contributed by atoms with Gasteiger partial charge in [0.2, 0.25) is 5.91 Å². The van der Waals surface area contributed by atoms with Crippen molar-refractivity contribution < 1.29 is 4.79 Å². The van der Waals surface area contributed by atoms with Crippen LogP contribution >= 0.6 is 11.3 Å². The highest BCUT2D eigenvalue weighted by Crippen LogP contribution is 2.25. The molecule has 2 aliphatic rings. The minimum absolute atomic E-state index is 0.252. The number of nitrogen functional groups attached to an aromatic ring is 1. The van der Waals surface area contributed by atoms with Crippen LogP contribution in [0, 0.1) is 0 Å². The van der Waals surface area contributed by atoms with Crippen LogP contribution in [0.25, 0.3) is 0 Å². The van der Waals surface area contributed by atoms with Crippen molar-refractivity contribution in [2.24, 2.45) is 0 Å². The molecule has 2 aliphatic heterocycles. The number of amides is 1. The summed E-state index contributed by atoms with van der Waals surface area (Å²) in [7, 11) is 0. The Labute approximate surface area is 130 Å². The van der Waals surface area contributed by atoms with E-state index in [-0.39, 0.29) is 5.91 Å². The fourth-order valence-electron chi connectivity index (χ4n) is 3.36. The fraction of sp³-hybridized carbons (Fsp3) is 0.733. The van der Waals surface area contributed by atoms with Crippen LogP contribution in [-0.2, 0) is 11.2 Å². The summed E-state index contributed by atoms with van der Waals surface area (Å²) in [5.74, 6) is 0.252. The van der Waals surface area contributed by atoms with Gasteiger partial charge in [0.15, 0.2) is 5.13 Å². The lowest BCUT2D eigenvalue weighted by molar-refractivity contribution is -0.139. The van der Waals surface area contributed by atoms with E-state index >= 15 is 0 Å². The quantitative estimate of drug-likeness (QED) is 0.920. The van der Waals surface area contributed by atoms with E-state index in [4.69, 9.17) is 5.73 Å². The molecule has 1 aromatic heterocycles. The number of piperidine rings is 1. The Morgan fingerprint density at radius 2 is 2.29 bits per heavy atom. The molecule has 2 N–H and O–H groups in total.